The Labute approximate surface area is 185 Å². The van der Waals surface area contributed by atoms with Crippen molar-refractivity contribution in [2.75, 3.05) is 13.2 Å². The van der Waals surface area contributed by atoms with E-state index < -0.39 is 17.7 Å². The zero-order valence-electron chi connectivity index (χ0n) is 19.2. The molecular formula is C26H33NO4. The Morgan fingerprint density at radius 1 is 0.935 bits per heavy atom. The predicted molar refractivity (Wildman–Crippen MR) is 122 cm³/mol. The average Bonchev–Trinajstić information content (AvgIpc) is 3.04. The van der Waals surface area contributed by atoms with Crippen LogP contribution in [0.3, 0.4) is 0 Å². The van der Waals surface area contributed by atoms with Gasteiger partial charge in [0, 0.05) is 12.0 Å². The lowest BCUT2D eigenvalue weighted by atomic mass is 9.98. The standard InChI is InChI=1S/C26H33NO4/c1-6-18(7-2)27(16-24(28)31-26(3,4)5)25(29)30-17-23-21-14-10-8-12-19(21)20-13-9-11-15-22(20)23/h8-15,18,23H,6-7,16-17H2,1-5H3. The fourth-order valence-corrected chi connectivity index (χ4v) is 4.26. The van der Waals surface area contributed by atoms with Gasteiger partial charge in [0.05, 0.1) is 0 Å². The summed E-state index contributed by atoms with van der Waals surface area (Å²) < 4.78 is 11.2. The molecule has 1 aliphatic carbocycles. The summed E-state index contributed by atoms with van der Waals surface area (Å²) in [6.07, 6.45) is 1.01. The van der Waals surface area contributed by atoms with Crippen molar-refractivity contribution in [3.63, 3.8) is 0 Å². The maximum Gasteiger partial charge on any atom is 0.410 e. The first kappa shape index (κ1) is 22.9. The SMILES string of the molecule is CCC(CC)N(CC(=O)OC(C)(C)C)C(=O)OCC1c2ccccc2-c2ccccc21. The fraction of sp³-hybridized carbons (Fsp3) is 0.462. The average molecular weight is 424 g/mol. The molecule has 2 aromatic rings. The smallest absolute Gasteiger partial charge is 0.410 e. The molecule has 1 amide bonds. The number of benzene rings is 2. The Hall–Kier alpha value is -2.82. The Morgan fingerprint density at radius 2 is 1.45 bits per heavy atom. The molecule has 0 fully saturated rings. The van der Waals surface area contributed by atoms with Crippen molar-refractivity contribution in [2.24, 2.45) is 0 Å². The van der Waals surface area contributed by atoms with Gasteiger partial charge in [-0.2, -0.15) is 0 Å². The second-order valence-corrected chi connectivity index (χ2v) is 8.99. The summed E-state index contributed by atoms with van der Waals surface area (Å²) in [6.45, 7) is 9.59. The van der Waals surface area contributed by atoms with Crippen LogP contribution < -0.4 is 0 Å². The molecule has 0 heterocycles. The van der Waals surface area contributed by atoms with Crippen LogP contribution >= 0.6 is 0 Å². The maximum absolute atomic E-state index is 13.1. The molecule has 0 saturated carbocycles. The highest BCUT2D eigenvalue weighted by atomic mass is 16.6. The Bertz CT molecular complexity index is 881. The molecule has 0 unspecified atom stereocenters. The third kappa shape index (κ3) is 5.27. The molecule has 5 nitrogen and oxygen atoms in total. The van der Waals surface area contributed by atoms with Gasteiger partial charge in [-0.15, -0.1) is 0 Å². The van der Waals surface area contributed by atoms with Crippen LogP contribution in [0.25, 0.3) is 11.1 Å². The van der Waals surface area contributed by atoms with E-state index >= 15 is 0 Å². The number of hydrogen-bond acceptors (Lipinski definition) is 4. The number of fused-ring (bicyclic) bond motifs is 3. The van der Waals surface area contributed by atoms with Crippen LogP contribution in [0.2, 0.25) is 0 Å². The molecule has 31 heavy (non-hydrogen) atoms. The highest BCUT2D eigenvalue weighted by Gasteiger charge is 2.32. The Kier molecular flexibility index (Phi) is 7.04. The molecule has 0 radical (unpaired) electrons. The second-order valence-electron chi connectivity index (χ2n) is 8.99. The summed E-state index contributed by atoms with van der Waals surface area (Å²) in [5.74, 6) is -0.436. The topological polar surface area (TPSA) is 55.8 Å². The molecule has 3 rings (SSSR count). The number of ether oxygens (including phenoxy) is 2. The third-order valence-electron chi connectivity index (χ3n) is 5.67. The molecule has 5 heteroatoms. The number of hydrogen-bond donors (Lipinski definition) is 0. The van der Waals surface area contributed by atoms with Crippen LogP contribution in [0.15, 0.2) is 48.5 Å². The van der Waals surface area contributed by atoms with Gasteiger partial charge in [-0.3, -0.25) is 9.69 Å². The largest absolute Gasteiger partial charge is 0.459 e. The van der Waals surface area contributed by atoms with E-state index in [1.165, 1.54) is 16.0 Å². The molecule has 0 saturated heterocycles. The molecule has 1 aliphatic rings. The summed E-state index contributed by atoms with van der Waals surface area (Å²) in [5, 5.41) is 0. The number of amides is 1. The van der Waals surface area contributed by atoms with Crippen LogP contribution in [-0.4, -0.2) is 41.8 Å². The molecular weight excluding hydrogens is 390 g/mol. The van der Waals surface area contributed by atoms with Gasteiger partial charge < -0.3 is 9.47 Å². The highest BCUT2D eigenvalue weighted by molar-refractivity contribution is 5.80. The highest BCUT2D eigenvalue weighted by Crippen LogP contribution is 2.44. The van der Waals surface area contributed by atoms with E-state index in [9.17, 15) is 9.59 Å². The van der Waals surface area contributed by atoms with Crippen LogP contribution in [0.4, 0.5) is 4.79 Å². The monoisotopic (exact) mass is 423 g/mol. The van der Waals surface area contributed by atoms with Gasteiger partial charge in [-0.25, -0.2) is 4.79 Å². The molecule has 0 spiro atoms. The molecule has 0 aliphatic heterocycles. The lowest BCUT2D eigenvalue weighted by Crippen LogP contribution is -2.45. The molecule has 0 atom stereocenters. The zero-order valence-corrected chi connectivity index (χ0v) is 19.2. The lowest BCUT2D eigenvalue weighted by Gasteiger charge is -2.30. The van der Waals surface area contributed by atoms with Gasteiger partial charge >= 0.3 is 12.1 Å². The summed E-state index contributed by atoms with van der Waals surface area (Å²) in [7, 11) is 0. The van der Waals surface area contributed by atoms with Crippen LogP contribution in [0, 0.1) is 0 Å². The van der Waals surface area contributed by atoms with Gasteiger partial charge in [0.25, 0.3) is 0 Å². The van der Waals surface area contributed by atoms with E-state index in [1.54, 1.807) is 0 Å². The van der Waals surface area contributed by atoms with Crippen molar-refractivity contribution < 1.29 is 19.1 Å². The van der Waals surface area contributed by atoms with Crippen LogP contribution in [-0.2, 0) is 14.3 Å². The van der Waals surface area contributed by atoms with Crippen molar-refractivity contribution in [3.8, 4) is 11.1 Å². The molecule has 2 aromatic carbocycles. The van der Waals surface area contributed by atoms with Gasteiger partial charge in [-0.05, 0) is 55.9 Å². The number of carbonyl (C=O) groups excluding carboxylic acids is 2. The van der Waals surface area contributed by atoms with E-state index in [4.69, 9.17) is 9.47 Å². The van der Waals surface area contributed by atoms with E-state index in [-0.39, 0.29) is 25.1 Å². The van der Waals surface area contributed by atoms with Gasteiger partial charge in [0.1, 0.15) is 18.8 Å². The first-order chi connectivity index (χ1) is 14.7. The summed E-state index contributed by atoms with van der Waals surface area (Å²) in [4.78, 5) is 27.0. The zero-order chi connectivity index (χ0) is 22.6. The molecule has 0 aromatic heterocycles. The van der Waals surface area contributed by atoms with E-state index in [1.807, 2.05) is 58.9 Å². The van der Waals surface area contributed by atoms with Crippen molar-refractivity contribution in [2.45, 2.75) is 65.0 Å². The van der Waals surface area contributed by atoms with E-state index in [0.29, 0.717) is 0 Å². The first-order valence-electron chi connectivity index (χ1n) is 11.1. The first-order valence-corrected chi connectivity index (χ1v) is 11.1. The van der Waals surface area contributed by atoms with Crippen molar-refractivity contribution >= 4 is 12.1 Å². The van der Waals surface area contributed by atoms with Gasteiger partial charge in [0.2, 0.25) is 0 Å². The van der Waals surface area contributed by atoms with Crippen molar-refractivity contribution in [1.82, 2.24) is 4.90 Å². The summed E-state index contributed by atoms with van der Waals surface area (Å²) in [5.41, 5.74) is 4.10. The number of esters is 1. The number of carbonyl (C=O) groups is 2. The number of nitrogens with zero attached hydrogens (tertiary/aromatic N) is 1. The summed E-state index contributed by atoms with van der Waals surface area (Å²) in [6, 6.07) is 16.4. The second kappa shape index (κ2) is 9.54. The predicted octanol–water partition coefficient (Wildman–Crippen LogP) is 5.77. The van der Waals surface area contributed by atoms with Crippen LogP contribution in [0.5, 0.6) is 0 Å². The summed E-state index contributed by atoms with van der Waals surface area (Å²) >= 11 is 0. The van der Waals surface area contributed by atoms with Crippen molar-refractivity contribution in [3.05, 3.63) is 59.7 Å². The fourth-order valence-electron chi connectivity index (χ4n) is 4.26. The van der Waals surface area contributed by atoms with E-state index in [2.05, 4.69) is 24.3 Å². The Morgan fingerprint density at radius 3 is 1.94 bits per heavy atom. The quantitative estimate of drug-likeness (QED) is 0.531. The minimum atomic E-state index is -0.599. The minimum absolute atomic E-state index is 0.0126. The van der Waals surface area contributed by atoms with Gasteiger partial charge in [-0.1, -0.05) is 62.4 Å². The normalized spacial score (nSPS) is 13.0. The maximum atomic E-state index is 13.1. The van der Waals surface area contributed by atoms with Crippen LogP contribution in [0.1, 0.15) is 64.5 Å². The molecule has 0 bridgehead atoms. The third-order valence-corrected chi connectivity index (χ3v) is 5.67. The minimum Gasteiger partial charge on any atom is -0.459 e. The number of rotatable bonds is 7. The van der Waals surface area contributed by atoms with Gasteiger partial charge in [0.15, 0.2) is 0 Å². The lowest BCUT2D eigenvalue weighted by molar-refractivity contribution is -0.156. The Balaban J connectivity index is 1.76. The molecule has 166 valence electrons. The molecule has 0 N–H and O–H groups in total. The van der Waals surface area contributed by atoms with E-state index in [0.717, 1.165) is 24.0 Å². The van der Waals surface area contributed by atoms with Crippen molar-refractivity contribution in [1.29, 1.82) is 0 Å².